The summed E-state index contributed by atoms with van der Waals surface area (Å²) in [4.78, 5) is 11.7. The first-order valence-electron chi connectivity index (χ1n) is 4.98. The van der Waals surface area contributed by atoms with E-state index < -0.39 is 12.1 Å². The molecule has 0 amide bonds. The highest BCUT2D eigenvalue weighted by Gasteiger charge is 2.17. The first-order chi connectivity index (χ1) is 7.95. The predicted molar refractivity (Wildman–Crippen MR) is 80.1 cm³/mol. The molecule has 1 aromatic carbocycles. The van der Waals surface area contributed by atoms with Gasteiger partial charge in [0.15, 0.2) is 0 Å². The first-order valence-corrected chi connectivity index (χ1v) is 7.14. The topological polar surface area (TPSA) is 66.8 Å². The van der Waals surface area contributed by atoms with Crippen molar-refractivity contribution in [2.24, 2.45) is 0 Å². The van der Waals surface area contributed by atoms with Crippen LogP contribution in [0.4, 0.5) is 0 Å². The molecule has 6 heteroatoms. The van der Waals surface area contributed by atoms with Crippen molar-refractivity contribution in [3.05, 3.63) is 24.8 Å². The molecule has 17 heavy (non-hydrogen) atoms. The van der Waals surface area contributed by atoms with E-state index in [1.165, 1.54) is 0 Å². The molecule has 2 N–H and O–H groups in total. The Morgan fingerprint density at radius 1 is 1.47 bits per heavy atom. The fourth-order valence-electron chi connectivity index (χ4n) is 1.09. The fraction of sp³-hybridized carbons (Fsp3) is 0.364. The molecule has 0 aliphatic rings. The quantitative estimate of drug-likeness (QED) is 0.534. The summed E-state index contributed by atoms with van der Waals surface area (Å²) in [5.74, 6) is -0.701. The number of phenols is 1. The van der Waals surface area contributed by atoms with Crippen LogP contribution in [0.3, 0.4) is 0 Å². The number of benzene rings is 1. The van der Waals surface area contributed by atoms with Crippen molar-refractivity contribution in [1.82, 2.24) is 0 Å². The van der Waals surface area contributed by atoms with Crippen LogP contribution in [0, 0.1) is 7.14 Å². The van der Waals surface area contributed by atoms with Gasteiger partial charge in [-0.15, -0.1) is 0 Å². The van der Waals surface area contributed by atoms with Crippen LogP contribution in [0.1, 0.15) is 23.7 Å². The number of rotatable bonds is 4. The van der Waals surface area contributed by atoms with E-state index in [-0.39, 0.29) is 17.9 Å². The molecule has 0 aliphatic carbocycles. The number of carbonyl (C=O) groups is 1. The zero-order chi connectivity index (χ0) is 13.0. The average Bonchev–Trinajstić information content (AvgIpc) is 2.30. The third-order valence-corrected chi connectivity index (χ3v) is 3.57. The van der Waals surface area contributed by atoms with Crippen molar-refractivity contribution >= 4 is 51.2 Å². The van der Waals surface area contributed by atoms with Gasteiger partial charge in [-0.2, -0.15) is 0 Å². The first kappa shape index (κ1) is 15.0. The van der Waals surface area contributed by atoms with Crippen molar-refractivity contribution < 1.29 is 19.7 Å². The number of aromatic hydroxyl groups is 1. The van der Waals surface area contributed by atoms with Crippen LogP contribution in [0.15, 0.2) is 12.1 Å². The Morgan fingerprint density at radius 3 is 2.71 bits per heavy atom. The summed E-state index contributed by atoms with van der Waals surface area (Å²) in [6.07, 6.45) is -0.147. The highest BCUT2D eigenvalue weighted by atomic mass is 127. The summed E-state index contributed by atoms with van der Waals surface area (Å²) < 4.78 is 6.35. The summed E-state index contributed by atoms with van der Waals surface area (Å²) in [7, 11) is 0. The van der Waals surface area contributed by atoms with E-state index in [9.17, 15) is 15.0 Å². The Bertz CT molecular complexity index is 420. The summed E-state index contributed by atoms with van der Waals surface area (Å²) in [5, 5.41) is 19.0. The van der Waals surface area contributed by atoms with E-state index in [0.29, 0.717) is 9.99 Å². The Kier molecular flexibility index (Phi) is 5.93. The lowest BCUT2D eigenvalue weighted by Crippen LogP contribution is -2.18. The lowest BCUT2D eigenvalue weighted by molar-refractivity contribution is 0.0247. The van der Waals surface area contributed by atoms with E-state index in [2.05, 4.69) is 22.6 Å². The number of hydrogen-bond donors (Lipinski definition) is 2. The molecular weight excluding hydrogens is 450 g/mol. The minimum atomic E-state index is -0.664. The maximum Gasteiger partial charge on any atom is 0.342 e. The number of esters is 1. The number of aliphatic hydroxyl groups is 1. The predicted octanol–water partition coefficient (Wildman–Crippen LogP) is 2.53. The molecule has 4 nitrogen and oxygen atoms in total. The summed E-state index contributed by atoms with van der Waals surface area (Å²) >= 11 is 4.00. The van der Waals surface area contributed by atoms with Gasteiger partial charge in [0.05, 0.1) is 9.67 Å². The summed E-state index contributed by atoms with van der Waals surface area (Å²) in [6, 6.07) is 3.31. The van der Waals surface area contributed by atoms with E-state index in [1.54, 1.807) is 19.1 Å². The van der Waals surface area contributed by atoms with Crippen molar-refractivity contribution in [3.63, 3.8) is 0 Å². The molecule has 0 heterocycles. The van der Waals surface area contributed by atoms with Gasteiger partial charge in [0.2, 0.25) is 0 Å². The molecule has 1 aromatic rings. The molecule has 0 saturated heterocycles. The maximum atomic E-state index is 11.7. The molecule has 1 atom stereocenters. The number of phenolic OH excluding ortho intramolecular Hbond substituents is 1. The summed E-state index contributed by atoms with van der Waals surface area (Å²) in [5.41, 5.74) is 0.129. The highest BCUT2D eigenvalue weighted by molar-refractivity contribution is 14.1. The van der Waals surface area contributed by atoms with Crippen molar-refractivity contribution in [2.45, 2.75) is 19.4 Å². The number of ether oxygens (including phenoxy) is 1. The smallest absolute Gasteiger partial charge is 0.342 e. The lowest BCUT2D eigenvalue weighted by Gasteiger charge is -2.10. The normalized spacial score (nSPS) is 12.2. The largest absolute Gasteiger partial charge is 0.506 e. The van der Waals surface area contributed by atoms with Crippen LogP contribution >= 0.6 is 45.2 Å². The zero-order valence-corrected chi connectivity index (χ0v) is 13.4. The van der Waals surface area contributed by atoms with Crippen molar-refractivity contribution in [2.75, 3.05) is 6.61 Å². The summed E-state index contributed by atoms with van der Waals surface area (Å²) in [6.45, 7) is 1.74. The molecular formula is C11H12I2O4. The van der Waals surface area contributed by atoms with Gasteiger partial charge in [0.1, 0.15) is 17.9 Å². The van der Waals surface area contributed by atoms with Gasteiger partial charge in [-0.25, -0.2) is 4.79 Å². The molecule has 0 fully saturated rings. The second kappa shape index (κ2) is 6.74. The van der Waals surface area contributed by atoms with Crippen LogP contribution < -0.4 is 0 Å². The van der Waals surface area contributed by atoms with E-state index in [4.69, 9.17) is 4.74 Å². The lowest BCUT2D eigenvalue weighted by atomic mass is 10.2. The van der Waals surface area contributed by atoms with Gasteiger partial charge in [0, 0.05) is 3.57 Å². The molecule has 0 radical (unpaired) electrons. The molecule has 0 spiro atoms. The van der Waals surface area contributed by atoms with Gasteiger partial charge < -0.3 is 14.9 Å². The van der Waals surface area contributed by atoms with E-state index in [1.807, 2.05) is 22.6 Å². The molecule has 0 saturated carbocycles. The van der Waals surface area contributed by atoms with Gasteiger partial charge in [-0.3, -0.25) is 0 Å². The van der Waals surface area contributed by atoms with Crippen LogP contribution in [0.2, 0.25) is 0 Å². The van der Waals surface area contributed by atoms with Gasteiger partial charge in [-0.1, -0.05) is 6.92 Å². The monoisotopic (exact) mass is 462 g/mol. The second-order valence-electron chi connectivity index (χ2n) is 3.44. The highest BCUT2D eigenvalue weighted by Crippen LogP contribution is 2.27. The van der Waals surface area contributed by atoms with Crippen LogP contribution in [-0.2, 0) is 4.74 Å². The molecule has 1 rings (SSSR count). The van der Waals surface area contributed by atoms with Crippen LogP contribution in [0.25, 0.3) is 0 Å². The second-order valence-corrected chi connectivity index (χ2v) is 5.85. The van der Waals surface area contributed by atoms with Crippen LogP contribution in [0.5, 0.6) is 5.75 Å². The number of halogens is 2. The van der Waals surface area contributed by atoms with E-state index >= 15 is 0 Å². The zero-order valence-electron chi connectivity index (χ0n) is 9.11. The van der Waals surface area contributed by atoms with Gasteiger partial charge >= 0.3 is 5.97 Å². The van der Waals surface area contributed by atoms with E-state index in [0.717, 1.165) is 3.57 Å². The standard InChI is InChI=1S/C11H12I2O4/c1-2-7(14)5-17-11(16)8-3-6(12)4-9(13)10(8)15/h3-4,7,14-15H,2,5H2,1H3. The fourth-order valence-corrected chi connectivity index (χ4v) is 2.93. The molecule has 0 aliphatic heterocycles. The number of carbonyl (C=O) groups excluding carboxylic acids is 1. The van der Waals surface area contributed by atoms with Crippen LogP contribution in [-0.4, -0.2) is 28.9 Å². The number of hydrogen-bond acceptors (Lipinski definition) is 4. The Balaban J connectivity index is 2.82. The molecule has 94 valence electrons. The maximum absolute atomic E-state index is 11.7. The third-order valence-electron chi connectivity index (χ3n) is 2.13. The molecule has 0 bridgehead atoms. The van der Waals surface area contributed by atoms with Crippen molar-refractivity contribution in [3.8, 4) is 5.75 Å². The third kappa shape index (κ3) is 4.25. The van der Waals surface area contributed by atoms with Crippen molar-refractivity contribution in [1.29, 1.82) is 0 Å². The molecule has 0 aromatic heterocycles. The van der Waals surface area contributed by atoms with Gasteiger partial charge in [-0.05, 0) is 63.7 Å². The average molecular weight is 462 g/mol. The SMILES string of the molecule is CCC(O)COC(=O)c1cc(I)cc(I)c1O. The Hall–Kier alpha value is -0.0900. The minimum Gasteiger partial charge on any atom is -0.506 e. The van der Waals surface area contributed by atoms with Gasteiger partial charge in [0.25, 0.3) is 0 Å². The minimum absolute atomic E-state index is 0.0587. The Morgan fingerprint density at radius 2 is 2.12 bits per heavy atom. The molecule has 1 unspecified atom stereocenters. The Labute approximate surface area is 127 Å². The number of aliphatic hydroxyl groups excluding tert-OH is 1.